The van der Waals surface area contributed by atoms with Crippen molar-refractivity contribution >= 4 is 17.3 Å². The highest BCUT2D eigenvalue weighted by atomic mass is 32.2. The maximum absolute atomic E-state index is 13.5. The number of rotatable bonds is 4. The minimum Gasteiger partial charge on any atom is -0.593 e. The second-order valence-electron chi connectivity index (χ2n) is 6.48. The van der Waals surface area contributed by atoms with Crippen LogP contribution in [0.2, 0.25) is 0 Å². The van der Waals surface area contributed by atoms with Crippen molar-refractivity contribution in [2.45, 2.75) is 17.2 Å². The van der Waals surface area contributed by atoms with Crippen molar-refractivity contribution in [2.24, 2.45) is 0 Å². The van der Waals surface area contributed by atoms with Crippen molar-refractivity contribution in [1.82, 2.24) is 19.3 Å². The summed E-state index contributed by atoms with van der Waals surface area (Å²) in [5, 5.41) is 0. The minimum atomic E-state index is -2.80. The van der Waals surface area contributed by atoms with E-state index < -0.39 is 23.8 Å². The van der Waals surface area contributed by atoms with Crippen molar-refractivity contribution in [3.05, 3.63) is 55.0 Å². The van der Waals surface area contributed by atoms with Gasteiger partial charge in [0.2, 0.25) is 5.95 Å². The zero-order chi connectivity index (χ0) is 19.7. The molecular weight excluding hydrogens is 384 g/mol. The first-order chi connectivity index (χ1) is 13.4. The SMILES string of the molecule is Nc1ncc(-c2ccc(-c3ccccc3[S+]([O-])N3CCC(F)(F)C3)cn2)cn1. The molecule has 0 saturated carbocycles. The standard InChI is InChI=1S/C19H17F2N5OS/c20-19(21)7-8-26(12-19)28(27)17-4-2-1-3-15(17)13-5-6-16(23-9-13)14-10-24-18(22)25-11-14/h1-6,9-11H,7-8,12H2,(H2,22,24,25). The monoisotopic (exact) mass is 401 g/mol. The van der Waals surface area contributed by atoms with Crippen LogP contribution in [0.5, 0.6) is 0 Å². The third kappa shape index (κ3) is 3.82. The lowest BCUT2D eigenvalue weighted by Crippen LogP contribution is -2.31. The molecular formula is C19H17F2N5OS. The van der Waals surface area contributed by atoms with Crippen LogP contribution in [-0.2, 0) is 11.4 Å². The van der Waals surface area contributed by atoms with Crippen molar-refractivity contribution in [2.75, 3.05) is 18.8 Å². The highest BCUT2D eigenvalue weighted by Gasteiger charge is 2.44. The topological polar surface area (TPSA) is 91.0 Å². The van der Waals surface area contributed by atoms with E-state index in [0.29, 0.717) is 16.2 Å². The van der Waals surface area contributed by atoms with E-state index in [4.69, 9.17) is 5.73 Å². The van der Waals surface area contributed by atoms with Crippen LogP contribution in [0.1, 0.15) is 6.42 Å². The van der Waals surface area contributed by atoms with Crippen LogP contribution in [0.25, 0.3) is 22.4 Å². The average Bonchev–Trinajstić information content (AvgIpc) is 3.08. The van der Waals surface area contributed by atoms with Gasteiger partial charge in [0.25, 0.3) is 5.92 Å². The Bertz CT molecular complexity index is 969. The summed E-state index contributed by atoms with van der Waals surface area (Å²) in [7, 11) is 0. The zero-order valence-corrected chi connectivity index (χ0v) is 15.6. The van der Waals surface area contributed by atoms with Crippen LogP contribution >= 0.6 is 0 Å². The Kier molecular flexibility index (Phi) is 4.96. The first-order valence-electron chi connectivity index (χ1n) is 8.61. The van der Waals surface area contributed by atoms with Crippen LogP contribution in [0, 0.1) is 0 Å². The first-order valence-corrected chi connectivity index (χ1v) is 9.72. The number of hydrogen-bond donors (Lipinski definition) is 1. The van der Waals surface area contributed by atoms with E-state index in [1.807, 2.05) is 18.2 Å². The Balaban J connectivity index is 1.62. The molecule has 28 heavy (non-hydrogen) atoms. The minimum absolute atomic E-state index is 0.0995. The normalized spacial score (nSPS) is 17.5. The van der Waals surface area contributed by atoms with Gasteiger partial charge in [-0.1, -0.05) is 18.2 Å². The van der Waals surface area contributed by atoms with E-state index >= 15 is 0 Å². The molecule has 2 aromatic heterocycles. The van der Waals surface area contributed by atoms with Crippen molar-refractivity contribution in [1.29, 1.82) is 0 Å². The molecule has 6 nitrogen and oxygen atoms in total. The van der Waals surface area contributed by atoms with Gasteiger partial charge in [-0.3, -0.25) is 4.98 Å². The molecule has 3 heterocycles. The molecule has 9 heteroatoms. The summed E-state index contributed by atoms with van der Waals surface area (Å²) in [4.78, 5) is 12.8. The fourth-order valence-corrected chi connectivity index (χ4v) is 4.45. The van der Waals surface area contributed by atoms with Crippen LogP contribution in [-0.4, -0.2) is 42.8 Å². The van der Waals surface area contributed by atoms with E-state index in [0.717, 1.165) is 11.1 Å². The molecule has 2 N–H and O–H groups in total. The third-order valence-electron chi connectivity index (χ3n) is 4.49. The van der Waals surface area contributed by atoms with E-state index in [1.165, 1.54) is 4.31 Å². The Morgan fingerprint density at radius 2 is 1.71 bits per heavy atom. The second-order valence-corrected chi connectivity index (χ2v) is 7.93. The van der Waals surface area contributed by atoms with Crippen LogP contribution in [0.4, 0.5) is 14.7 Å². The van der Waals surface area contributed by atoms with E-state index in [1.54, 1.807) is 36.8 Å². The maximum atomic E-state index is 13.5. The molecule has 0 radical (unpaired) electrons. The van der Waals surface area contributed by atoms with Gasteiger partial charge in [0.15, 0.2) is 4.90 Å². The summed E-state index contributed by atoms with van der Waals surface area (Å²) in [6, 6.07) is 10.7. The lowest BCUT2D eigenvalue weighted by Gasteiger charge is -2.21. The van der Waals surface area contributed by atoms with Gasteiger partial charge in [-0.05, 0) is 18.2 Å². The van der Waals surface area contributed by atoms with Crippen molar-refractivity contribution in [3.63, 3.8) is 0 Å². The Morgan fingerprint density at radius 3 is 2.36 bits per heavy atom. The molecule has 1 aromatic carbocycles. The van der Waals surface area contributed by atoms with Gasteiger partial charge in [0, 0.05) is 41.7 Å². The molecule has 1 unspecified atom stereocenters. The highest BCUT2D eigenvalue weighted by Crippen LogP contribution is 2.35. The van der Waals surface area contributed by atoms with Gasteiger partial charge >= 0.3 is 0 Å². The lowest BCUT2D eigenvalue weighted by atomic mass is 10.1. The molecule has 1 atom stereocenters. The molecule has 3 aromatic rings. The van der Waals surface area contributed by atoms with Crippen LogP contribution < -0.4 is 5.73 Å². The summed E-state index contributed by atoms with van der Waals surface area (Å²) in [5.74, 6) is -2.61. The van der Waals surface area contributed by atoms with Crippen molar-refractivity contribution < 1.29 is 13.3 Å². The quantitative estimate of drug-likeness (QED) is 0.676. The van der Waals surface area contributed by atoms with Gasteiger partial charge in [-0.2, -0.15) is 0 Å². The number of nitrogen functional groups attached to an aromatic ring is 1. The highest BCUT2D eigenvalue weighted by molar-refractivity contribution is 7.89. The van der Waals surface area contributed by atoms with Crippen molar-refractivity contribution in [3.8, 4) is 22.4 Å². The van der Waals surface area contributed by atoms with Crippen LogP contribution in [0.3, 0.4) is 0 Å². The number of anilines is 1. The summed E-state index contributed by atoms with van der Waals surface area (Å²) in [6.07, 6.45) is 4.54. The second kappa shape index (κ2) is 7.42. The van der Waals surface area contributed by atoms with Gasteiger partial charge in [-0.15, -0.1) is 4.31 Å². The molecule has 1 aliphatic heterocycles. The number of nitrogens with two attached hydrogens (primary N) is 1. The number of benzene rings is 1. The van der Waals surface area contributed by atoms with Gasteiger partial charge < -0.3 is 10.3 Å². The lowest BCUT2D eigenvalue weighted by molar-refractivity contribution is 0.0184. The summed E-state index contributed by atoms with van der Waals surface area (Å²) in [5.41, 5.74) is 8.33. The number of halogens is 2. The molecule has 1 fully saturated rings. The van der Waals surface area contributed by atoms with Crippen LogP contribution in [0.15, 0.2) is 59.9 Å². The van der Waals surface area contributed by atoms with Gasteiger partial charge in [-0.25, -0.2) is 18.7 Å². The predicted molar refractivity (Wildman–Crippen MR) is 103 cm³/mol. The number of alkyl halides is 2. The summed E-state index contributed by atoms with van der Waals surface area (Å²) >= 11 is -1.67. The zero-order valence-electron chi connectivity index (χ0n) is 14.8. The number of aromatic nitrogens is 3. The molecule has 0 aliphatic carbocycles. The summed E-state index contributed by atoms with van der Waals surface area (Å²) in [6.45, 7) is -0.398. The predicted octanol–water partition coefficient (Wildman–Crippen LogP) is 3.15. The molecule has 1 saturated heterocycles. The Labute approximate surface area is 163 Å². The maximum Gasteiger partial charge on any atom is 0.266 e. The van der Waals surface area contributed by atoms with Gasteiger partial charge in [0.05, 0.1) is 23.6 Å². The average molecular weight is 401 g/mol. The summed E-state index contributed by atoms with van der Waals surface area (Å²) < 4.78 is 41.3. The van der Waals surface area contributed by atoms with E-state index in [9.17, 15) is 13.3 Å². The number of pyridine rings is 1. The first kappa shape index (κ1) is 18.7. The molecule has 144 valence electrons. The fourth-order valence-electron chi connectivity index (χ4n) is 3.04. The molecule has 0 spiro atoms. The van der Waals surface area contributed by atoms with E-state index in [2.05, 4.69) is 15.0 Å². The Morgan fingerprint density at radius 1 is 1.00 bits per heavy atom. The molecule has 0 bridgehead atoms. The number of hydrogen-bond acceptors (Lipinski definition) is 6. The Hall–Kier alpha value is -2.62. The number of nitrogens with zero attached hydrogens (tertiary/aromatic N) is 4. The fraction of sp³-hybridized carbons (Fsp3) is 0.211. The molecule has 0 amide bonds. The van der Waals surface area contributed by atoms with Gasteiger partial charge in [0.1, 0.15) is 6.54 Å². The third-order valence-corrected chi connectivity index (χ3v) is 6.00. The molecule has 1 aliphatic rings. The molecule has 4 rings (SSSR count). The van der Waals surface area contributed by atoms with E-state index in [-0.39, 0.29) is 18.9 Å². The largest absolute Gasteiger partial charge is 0.593 e. The smallest absolute Gasteiger partial charge is 0.266 e.